The Kier molecular flexibility index (Phi) is 5.26. The standard InChI is InChI=1S/C12H20N4O/c1-3-5-6-7-8-10(4-2)16-9-14-15-12(16)11(13)17/h5-8,10,14H,3-4,9H2,1-2H3,(H2,13,17)/b6-5+,8-7+. The molecule has 0 aromatic heterocycles. The zero-order chi connectivity index (χ0) is 12.7. The fraction of sp³-hybridized carbons (Fsp3) is 0.500. The van der Waals surface area contributed by atoms with E-state index in [-0.39, 0.29) is 6.04 Å². The average Bonchev–Trinajstić information content (AvgIpc) is 2.78. The minimum absolute atomic E-state index is 0.137. The Hall–Kier alpha value is -1.78. The van der Waals surface area contributed by atoms with Gasteiger partial charge >= 0.3 is 0 Å². The van der Waals surface area contributed by atoms with Gasteiger partial charge in [0.15, 0.2) is 0 Å². The number of nitrogens with zero attached hydrogens (tertiary/aromatic N) is 2. The molecule has 0 aliphatic carbocycles. The molecule has 0 radical (unpaired) electrons. The van der Waals surface area contributed by atoms with E-state index in [2.05, 4.69) is 36.5 Å². The largest absolute Gasteiger partial charge is 0.363 e. The molecular formula is C12H20N4O. The van der Waals surface area contributed by atoms with Crippen LogP contribution in [0.3, 0.4) is 0 Å². The molecule has 0 aromatic carbocycles. The lowest BCUT2D eigenvalue weighted by molar-refractivity contribution is -0.112. The van der Waals surface area contributed by atoms with Crippen LogP contribution in [-0.4, -0.2) is 29.4 Å². The summed E-state index contributed by atoms with van der Waals surface area (Å²) in [6.45, 7) is 4.68. The normalized spacial score (nSPS) is 17.5. The van der Waals surface area contributed by atoms with Crippen molar-refractivity contribution >= 4 is 11.7 Å². The number of rotatable bonds is 6. The molecular weight excluding hydrogens is 216 g/mol. The Bertz CT molecular complexity index is 346. The van der Waals surface area contributed by atoms with Gasteiger partial charge in [0.05, 0.1) is 6.04 Å². The van der Waals surface area contributed by atoms with Crippen molar-refractivity contribution in [3.63, 3.8) is 0 Å². The predicted octanol–water partition coefficient (Wildman–Crippen LogP) is 0.949. The Balaban J connectivity index is 2.68. The van der Waals surface area contributed by atoms with Crippen molar-refractivity contribution in [1.82, 2.24) is 10.3 Å². The van der Waals surface area contributed by atoms with Crippen molar-refractivity contribution < 1.29 is 4.79 Å². The molecule has 0 aromatic rings. The first kappa shape index (κ1) is 13.3. The van der Waals surface area contributed by atoms with Gasteiger partial charge < -0.3 is 10.6 Å². The van der Waals surface area contributed by atoms with Gasteiger partial charge in [-0.25, -0.2) is 0 Å². The monoisotopic (exact) mass is 236 g/mol. The molecule has 1 aliphatic rings. The summed E-state index contributed by atoms with van der Waals surface area (Å²) >= 11 is 0. The first-order valence-electron chi connectivity index (χ1n) is 5.91. The number of primary amides is 1. The van der Waals surface area contributed by atoms with Gasteiger partial charge in [0.1, 0.15) is 6.67 Å². The highest BCUT2D eigenvalue weighted by atomic mass is 16.1. The van der Waals surface area contributed by atoms with E-state index in [1.54, 1.807) is 0 Å². The van der Waals surface area contributed by atoms with Crippen LogP contribution < -0.4 is 11.2 Å². The number of amides is 1. The molecule has 17 heavy (non-hydrogen) atoms. The predicted molar refractivity (Wildman–Crippen MR) is 69.1 cm³/mol. The van der Waals surface area contributed by atoms with Gasteiger partial charge in [-0.2, -0.15) is 5.10 Å². The molecule has 1 heterocycles. The van der Waals surface area contributed by atoms with Gasteiger partial charge in [-0.05, 0) is 12.8 Å². The number of nitrogens with one attached hydrogen (secondary N) is 1. The number of amidine groups is 1. The summed E-state index contributed by atoms with van der Waals surface area (Å²) in [7, 11) is 0. The maximum atomic E-state index is 11.2. The molecule has 1 unspecified atom stereocenters. The van der Waals surface area contributed by atoms with Crippen LogP contribution >= 0.6 is 0 Å². The number of allylic oxidation sites excluding steroid dienone is 3. The summed E-state index contributed by atoms with van der Waals surface area (Å²) in [5, 5.41) is 3.90. The number of hydrazone groups is 1. The van der Waals surface area contributed by atoms with E-state index >= 15 is 0 Å². The Morgan fingerprint density at radius 1 is 1.59 bits per heavy atom. The van der Waals surface area contributed by atoms with E-state index in [4.69, 9.17) is 5.73 Å². The Morgan fingerprint density at radius 2 is 2.35 bits per heavy atom. The molecule has 0 saturated carbocycles. The van der Waals surface area contributed by atoms with Gasteiger partial charge in [-0.1, -0.05) is 38.2 Å². The number of carbonyl (C=O) groups excluding carboxylic acids is 1. The zero-order valence-corrected chi connectivity index (χ0v) is 10.4. The molecule has 1 aliphatic heterocycles. The third-order valence-corrected chi connectivity index (χ3v) is 2.55. The number of hydrogen-bond acceptors (Lipinski definition) is 4. The molecule has 0 fully saturated rings. The lowest BCUT2D eigenvalue weighted by Gasteiger charge is -2.24. The minimum Gasteiger partial charge on any atom is -0.363 e. The first-order valence-corrected chi connectivity index (χ1v) is 5.91. The molecule has 5 heteroatoms. The zero-order valence-electron chi connectivity index (χ0n) is 10.4. The van der Waals surface area contributed by atoms with Crippen LogP contribution in [0.1, 0.15) is 26.7 Å². The topological polar surface area (TPSA) is 70.7 Å². The number of carbonyl (C=O) groups is 1. The maximum absolute atomic E-state index is 11.2. The number of nitrogens with two attached hydrogens (primary N) is 1. The molecule has 1 amide bonds. The lowest BCUT2D eigenvalue weighted by Crippen LogP contribution is -2.43. The second kappa shape index (κ2) is 6.73. The lowest BCUT2D eigenvalue weighted by atomic mass is 10.1. The highest BCUT2D eigenvalue weighted by Crippen LogP contribution is 2.09. The molecule has 1 atom stereocenters. The van der Waals surface area contributed by atoms with Crippen LogP contribution in [0.2, 0.25) is 0 Å². The van der Waals surface area contributed by atoms with Crippen molar-refractivity contribution in [3.05, 3.63) is 24.3 Å². The van der Waals surface area contributed by atoms with Crippen molar-refractivity contribution in [2.24, 2.45) is 10.8 Å². The van der Waals surface area contributed by atoms with E-state index in [9.17, 15) is 4.79 Å². The van der Waals surface area contributed by atoms with Gasteiger partial charge in [-0.3, -0.25) is 10.2 Å². The van der Waals surface area contributed by atoms with Gasteiger partial charge in [-0.15, -0.1) is 0 Å². The molecule has 0 bridgehead atoms. The summed E-state index contributed by atoms with van der Waals surface area (Å²) in [6.07, 6.45) is 10.0. The molecule has 0 spiro atoms. The van der Waals surface area contributed by atoms with Crippen molar-refractivity contribution in [2.45, 2.75) is 32.7 Å². The van der Waals surface area contributed by atoms with Crippen molar-refractivity contribution in [1.29, 1.82) is 0 Å². The van der Waals surface area contributed by atoms with Crippen molar-refractivity contribution in [3.8, 4) is 0 Å². The number of hydrogen-bond donors (Lipinski definition) is 2. The van der Waals surface area contributed by atoms with Crippen molar-refractivity contribution in [2.75, 3.05) is 6.67 Å². The highest BCUT2D eigenvalue weighted by Gasteiger charge is 2.26. The van der Waals surface area contributed by atoms with Gasteiger partial charge in [0.25, 0.3) is 5.91 Å². The van der Waals surface area contributed by atoms with E-state index < -0.39 is 5.91 Å². The third kappa shape index (κ3) is 3.62. The van der Waals surface area contributed by atoms with E-state index in [1.165, 1.54) is 0 Å². The SMILES string of the molecule is CC/C=C/C=C/C(CC)N1CNN=C1C(N)=O. The van der Waals surface area contributed by atoms with Crippen LogP contribution in [0.5, 0.6) is 0 Å². The van der Waals surface area contributed by atoms with E-state index in [0.717, 1.165) is 12.8 Å². The highest BCUT2D eigenvalue weighted by molar-refractivity contribution is 6.37. The third-order valence-electron chi connectivity index (χ3n) is 2.55. The summed E-state index contributed by atoms with van der Waals surface area (Å²) in [6, 6.07) is 0.137. The second-order valence-electron chi connectivity index (χ2n) is 3.78. The summed E-state index contributed by atoms with van der Waals surface area (Å²) < 4.78 is 0. The first-order chi connectivity index (χ1) is 8.20. The average molecular weight is 236 g/mol. The molecule has 0 saturated heterocycles. The summed E-state index contributed by atoms with van der Waals surface area (Å²) in [5.41, 5.74) is 8.05. The maximum Gasteiger partial charge on any atom is 0.286 e. The fourth-order valence-electron chi connectivity index (χ4n) is 1.66. The van der Waals surface area contributed by atoms with Crippen LogP contribution in [0.15, 0.2) is 29.4 Å². The van der Waals surface area contributed by atoms with Gasteiger partial charge in [0.2, 0.25) is 5.84 Å². The molecule has 1 rings (SSSR count). The summed E-state index contributed by atoms with van der Waals surface area (Å²) in [5.74, 6) is -0.188. The quantitative estimate of drug-likeness (QED) is 0.674. The molecule has 5 nitrogen and oxygen atoms in total. The molecule has 94 valence electrons. The minimum atomic E-state index is -0.494. The second-order valence-corrected chi connectivity index (χ2v) is 3.78. The fourth-order valence-corrected chi connectivity index (χ4v) is 1.66. The van der Waals surface area contributed by atoms with E-state index in [1.807, 2.05) is 17.1 Å². The van der Waals surface area contributed by atoms with Crippen LogP contribution in [0, 0.1) is 0 Å². The smallest absolute Gasteiger partial charge is 0.286 e. The van der Waals surface area contributed by atoms with Crippen LogP contribution in [-0.2, 0) is 4.79 Å². The van der Waals surface area contributed by atoms with Crippen LogP contribution in [0.4, 0.5) is 0 Å². The van der Waals surface area contributed by atoms with E-state index in [0.29, 0.717) is 12.5 Å². The Labute approximate surface area is 102 Å². The molecule has 3 N–H and O–H groups in total. The van der Waals surface area contributed by atoms with Crippen LogP contribution in [0.25, 0.3) is 0 Å². The Morgan fingerprint density at radius 3 is 2.94 bits per heavy atom. The summed E-state index contributed by atoms with van der Waals surface area (Å²) in [4.78, 5) is 13.1. The van der Waals surface area contributed by atoms with Gasteiger partial charge in [0, 0.05) is 0 Å².